The number of aliphatic hydroxyl groups excluding tert-OH is 2. The van der Waals surface area contributed by atoms with E-state index < -0.39 is 0 Å². The Morgan fingerprint density at radius 3 is 2.65 bits per heavy atom. The van der Waals surface area contributed by atoms with Crippen molar-refractivity contribution in [1.29, 1.82) is 0 Å². The molecule has 0 saturated heterocycles. The molecule has 0 spiro atoms. The van der Waals surface area contributed by atoms with Crippen LogP contribution in [0.4, 0.5) is 5.82 Å². The van der Waals surface area contributed by atoms with Gasteiger partial charge in [0.1, 0.15) is 5.82 Å². The van der Waals surface area contributed by atoms with Gasteiger partial charge in [0.2, 0.25) is 0 Å². The topological polar surface area (TPSA) is 56.6 Å². The minimum Gasteiger partial charge on any atom is -0.395 e. The molecule has 0 aromatic carbocycles. The molecule has 1 aliphatic rings. The first-order valence-corrected chi connectivity index (χ1v) is 6.20. The number of nitrogens with zero attached hydrogens (tertiary/aromatic N) is 2. The molecule has 0 unspecified atom stereocenters. The highest BCUT2D eigenvalue weighted by molar-refractivity contribution is 5.48. The molecular formula is C13H20N2O2. The summed E-state index contributed by atoms with van der Waals surface area (Å²) in [4.78, 5) is 6.62. The van der Waals surface area contributed by atoms with E-state index in [1.165, 1.54) is 19.3 Å². The summed E-state index contributed by atoms with van der Waals surface area (Å²) in [5, 5.41) is 18.2. The van der Waals surface area contributed by atoms with E-state index in [0.29, 0.717) is 12.6 Å². The van der Waals surface area contributed by atoms with Crippen molar-refractivity contribution in [3.05, 3.63) is 23.4 Å². The van der Waals surface area contributed by atoms with E-state index in [2.05, 4.69) is 9.88 Å². The molecule has 1 saturated carbocycles. The van der Waals surface area contributed by atoms with E-state index >= 15 is 0 Å². The standard InChI is InChI=1S/C13H20N2O2/c1-10-7-11(9-17)8-14-13(10)15(5-6-16)12-3-2-4-12/h7-8,12,16-17H,2-6,9H2,1H3. The zero-order chi connectivity index (χ0) is 12.3. The summed E-state index contributed by atoms with van der Waals surface area (Å²) in [6.45, 7) is 2.82. The molecule has 1 fully saturated rings. The van der Waals surface area contributed by atoms with Gasteiger partial charge in [0, 0.05) is 18.8 Å². The number of aliphatic hydroxyl groups is 2. The number of aryl methyl sites for hydroxylation is 1. The normalized spacial score (nSPS) is 15.7. The summed E-state index contributed by atoms with van der Waals surface area (Å²) in [5.74, 6) is 0.945. The molecule has 1 aromatic rings. The minimum absolute atomic E-state index is 0.0253. The molecular weight excluding hydrogens is 216 g/mol. The van der Waals surface area contributed by atoms with Gasteiger partial charge in [-0.2, -0.15) is 0 Å². The van der Waals surface area contributed by atoms with Crippen LogP contribution in [0.2, 0.25) is 0 Å². The number of anilines is 1. The molecule has 4 nitrogen and oxygen atoms in total. The summed E-state index contributed by atoms with van der Waals surface area (Å²) >= 11 is 0. The highest BCUT2D eigenvalue weighted by atomic mass is 16.3. The van der Waals surface area contributed by atoms with Crippen LogP contribution < -0.4 is 4.90 Å². The predicted octanol–water partition coefficient (Wildman–Crippen LogP) is 1.23. The maximum absolute atomic E-state index is 9.15. The molecule has 0 bridgehead atoms. The molecule has 1 aliphatic carbocycles. The first-order chi connectivity index (χ1) is 8.26. The third-order valence-electron chi connectivity index (χ3n) is 3.42. The van der Waals surface area contributed by atoms with Crippen molar-refractivity contribution in [1.82, 2.24) is 4.98 Å². The van der Waals surface area contributed by atoms with E-state index in [1.54, 1.807) is 6.20 Å². The lowest BCUT2D eigenvalue weighted by Gasteiger charge is -2.38. The van der Waals surface area contributed by atoms with Gasteiger partial charge in [-0.1, -0.05) is 0 Å². The van der Waals surface area contributed by atoms with Gasteiger partial charge in [-0.05, 0) is 43.4 Å². The highest BCUT2D eigenvalue weighted by Crippen LogP contribution is 2.30. The van der Waals surface area contributed by atoms with Crippen molar-refractivity contribution >= 4 is 5.82 Å². The summed E-state index contributed by atoms with van der Waals surface area (Å²) < 4.78 is 0. The average Bonchev–Trinajstić information content (AvgIpc) is 2.26. The minimum atomic E-state index is 0.0253. The summed E-state index contributed by atoms with van der Waals surface area (Å²) in [6, 6.07) is 2.49. The Hall–Kier alpha value is -1.13. The molecule has 17 heavy (non-hydrogen) atoms. The molecule has 2 N–H and O–H groups in total. The lowest BCUT2D eigenvalue weighted by molar-refractivity contribution is 0.279. The fraction of sp³-hybridized carbons (Fsp3) is 0.615. The van der Waals surface area contributed by atoms with Gasteiger partial charge in [-0.3, -0.25) is 0 Å². The van der Waals surface area contributed by atoms with Crippen LogP contribution in [-0.2, 0) is 6.61 Å². The van der Waals surface area contributed by atoms with Crippen LogP contribution >= 0.6 is 0 Å². The average molecular weight is 236 g/mol. The van der Waals surface area contributed by atoms with E-state index in [9.17, 15) is 0 Å². The Morgan fingerprint density at radius 1 is 1.41 bits per heavy atom. The molecule has 4 heteroatoms. The zero-order valence-electron chi connectivity index (χ0n) is 10.3. The first kappa shape index (κ1) is 12.3. The van der Waals surface area contributed by atoms with Gasteiger partial charge in [-0.15, -0.1) is 0 Å². The summed E-state index contributed by atoms with van der Waals surface area (Å²) in [5.41, 5.74) is 1.90. The molecule has 0 atom stereocenters. The first-order valence-electron chi connectivity index (χ1n) is 6.20. The summed E-state index contributed by atoms with van der Waals surface area (Å²) in [7, 11) is 0. The monoisotopic (exact) mass is 236 g/mol. The fourth-order valence-electron chi connectivity index (χ4n) is 2.28. The molecule has 0 radical (unpaired) electrons. The third kappa shape index (κ3) is 2.58. The van der Waals surface area contributed by atoms with Crippen LogP contribution in [0.3, 0.4) is 0 Å². The van der Waals surface area contributed by atoms with Crippen molar-refractivity contribution in [2.45, 2.75) is 38.8 Å². The van der Waals surface area contributed by atoms with Crippen LogP contribution in [0.5, 0.6) is 0 Å². The van der Waals surface area contributed by atoms with E-state index in [4.69, 9.17) is 10.2 Å². The second-order valence-corrected chi connectivity index (χ2v) is 4.64. The maximum atomic E-state index is 9.15. The third-order valence-corrected chi connectivity index (χ3v) is 3.42. The van der Waals surface area contributed by atoms with Gasteiger partial charge in [0.25, 0.3) is 0 Å². The second kappa shape index (κ2) is 5.47. The molecule has 1 heterocycles. The number of rotatable bonds is 5. The van der Waals surface area contributed by atoms with Crippen molar-refractivity contribution in [3.63, 3.8) is 0 Å². The molecule has 1 aromatic heterocycles. The van der Waals surface area contributed by atoms with Crippen molar-refractivity contribution in [2.75, 3.05) is 18.1 Å². The highest BCUT2D eigenvalue weighted by Gasteiger charge is 2.26. The number of aromatic nitrogens is 1. The molecule has 0 amide bonds. The van der Waals surface area contributed by atoms with Gasteiger partial charge >= 0.3 is 0 Å². The van der Waals surface area contributed by atoms with Gasteiger partial charge < -0.3 is 15.1 Å². The SMILES string of the molecule is Cc1cc(CO)cnc1N(CCO)C1CCC1. The largest absolute Gasteiger partial charge is 0.395 e. The van der Waals surface area contributed by atoms with E-state index in [-0.39, 0.29) is 13.2 Å². The van der Waals surface area contributed by atoms with E-state index in [0.717, 1.165) is 16.9 Å². The Labute approximate surface area is 102 Å². The molecule has 94 valence electrons. The van der Waals surface area contributed by atoms with Crippen molar-refractivity contribution in [2.24, 2.45) is 0 Å². The lowest BCUT2D eigenvalue weighted by Crippen LogP contribution is -2.42. The zero-order valence-corrected chi connectivity index (χ0v) is 10.3. The Morgan fingerprint density at radius 2 is 2.18 bits per heavy atom. The number of hydrogen-bond donors (Lipinski definition) is 2. The van der Waals surface area contributed by atoms with E-state index in [1.807, 2.05) is 13.0 Å². The van der Waals surface area contributed by atoms with Crippen molar-refractivity contribution in [3.8, 4) is 0 Å². The quantitative estimate of drug-likeness (QED) is 0.807. The Bertz CT molecular complexity index is 378. The van der Waals surface area contributed by atoms with Crippen LogP contribution in [0.15, 0.2) is 12.3 Å². The summed E-state index contributed by atoms with van der Waals surface area (Å²) in [6.07, 6.45) is 5.34. The fourth-order valence-corrected chi connectivity index (χ4v) is 2.28. The lowest BCUT2D eigenvalue weighted by atomic mass is 9.91. The van der Waals surface area contributed by atoms with Crippen LogP contribution in [0, 0.1) is 6.92 Å². The molecule has 2 rings (SSSR count). The van der Waals surface area contributed by atoms with Crippen molar-refractivity contribution < 1.29 is 10.2 Å². The second-order valence-electron chi connectivity index (χ2n) is 4.64. The predicted molar refractivity (Wildman–Crippen MR) is 67.0 cm³/mol. The number of pyridine rings is 1. The number of hydrogen-bond acceptors (Lipinski definition) is 4. The Balaban J connectivity index is 2.22. The van der Waals surface area contributed by atoms with Crippen LogP contribution in [0.1, 0.15) is 30.4 Å². The molecule has 0 aliphatic heterocycles. The maximum Gasteiger partial charge on any atom is 0.131 e. The Kier molecular flexibility index (Phi) is 3.97. The smallest absolute Gasteiger partial charge is 0.131 e. The van der Waals surface area contributed by atoms with Gasteiger partial charge in [-0.25, -0.2) is 4.98 Å². The van der Waals surface area contributed by atoms with Gasteiger partial charge in [0.05, 0.1) is 13.2 Å². The van der Waals surface area contributed by atoms with Gasteiger partial charge in [0.15, 0.2) is 0 Å². The van der Waals surface area contributed by atoms with Crippen LogP contribution in [0.25, 0.3) is 0 Å². The van der Waals surface area contributed by atoms with Crippen LogP contribution in [-0.4, -0.2) is 34.4 Å².